The number of nitrogens with one attached hydrogen (secondary N) is 1. The maximum absolute atomic E-state index is 12.4. The normalized spacial score (nSPS) is 19.2. The summed E-state index contributed by atoms with van der Waals surface area (Å²) in [5, 5.41) is 12.5. The van der Waals surface area contributed by atoms with Gasteiger partial charge in [0.15, 0.2) is 11.0 Å². The van der Waals surface area contributed by atoms with E-state index in [2.05, 4.69) is 48.4 Å². The van der Waals surface area contributed by atoms with Crippen LogP contribution in [0.5, 0.6) is 5.75 Å². The summed E-state index contributed by atoms with van der Waals surface area (Å²) in [6.07, 6.45) is 4.76. The van der Waals surface area contributed by atoms with Crippen LogP contribution in [0.25, 0.3) is 0 Å². The zero-order valence-electron chi connectivity index (χ0n) is 17.9. The van der Waals surface area contributed by atoms with Crippen LogP contribution in [-0.4, -0.2) is 32.5 Å². The minimum absolute atomic E-state index is 0.0765. The molecule has 0 bridgehead atoms. The van der Waals surface area contributed by atoms with Gasteiger partial charge in [-0.25, -0.2) is 0 Å². The minimum atomic E-state index is 0.0765. The van der Waals surface area contributed by atoms with Gasteiger partial charge >= 0.3 is 0 Å². The van der Waals surface area contributed by atoms with Crippen molar-refractivity contribution in [2.45, 2.75) is 77.7 Å². The number of nitrogens with zero attached hydrogens (tertiary/aromatic N) is 3. The molecule has 2 aromatic rings. The van der Waals surface area contributed by atoms with Crippen LogP contribution >= 0.6 is 11.8 Å². The Bertz CT molecular complexity index is 836. The monoisotopic (exact) mass is 416 g/mol. The number of benzene rings is 1. The summed E-state index contributed by atoms with van der Waals surface area (Å²) >= 11 is 1.44. The molecule has 0 saturated heterocycles. The third-order valence-corrected chi connectivity index (χ3v) is 6.57. The third-order valence-electron chi connectivity index (χ3n) is 5.60. The van der Waals surface area contributed by atoms with Crippen LogP contribution in [0.15, 0.2) is 23.4 Å². The number of hydrogen-bond donors (Lipinski definition) is 1. The number of ether oxygens (including phenoxy) is 1. The first-order valence-electron chi connectivity index (χ1n) is 10.5. The molecular formula is C22H32N4O2S. The van der Waals surface area contributed by atoms with Gasteiger partial charge in [0, 0.05) is 12.6 Å². The van der Waals surface area contributed by atoms with E-state index in [-0.39, 0.29) is 5.91 Å². The third kappa shape index (κ3) is 5.75. The van der Waals surface area contributed by atoms with E-state index < -0.39 is 0 Å². The fourth-order valence-corrected chi connectivity index (χ4v) is 4.60. The van der Waals surface area contributed by atoms with E-state index in [0.29, 0.717) is 24.3 Å². The van der Waals surface area contributed by atoms with E-state index in [9.17, 15) is 4.79 Å². The SMILES string of the molecule is CCn1c(COc2cc(C)ccc2C)nnc1SCC(=O)N[C@H]1CCCC[C@@H]1C. The molecule has 7 heteroatoms. The Morgan fingerprint density at radius 1 is 1.28 bits per heavy atom. The number of hydrogen-bond acceptors (Lipinski definition) is 5. The summed E-state index contributed by atoms with van der Waals surface area (Å²) < 4.78 is 8.01. The minimum Gasteiger partial charge on any atom is -0.485 e. The van der Waals surface area contributed by atoms with Crippen molar-refractivity contribution in [3.8, 4) is 5.75 Å². The number of carbonyl (C=O) groups is 1. The molecule has 3 rings (SSSR count). The highest BCUT2D eigenvalue weighted by Gasteiger charge is 2.23. The molecule has 1 saturated carbocycles. The van der Waals surface area contributed by atoms with Crippen LogP contribution in [0.3, 0.4) is 0 Å². The molecule has 1 N–H and O–H groups in total. The van der Waals surface area contributed by atoms with E-state index >= 15 is 0 Å². The van der Waals surface area contributed by atoms with Crippen LogP contribution in [0.2, 0.25) is 0 Å². The van der Waals surface area contributed by atoms with Gasteiger partial charge < -0.3 is 14.6 Å². The molecule has 0 unspecified atom stereocenters. The van der Waals surface area contributed by atoms with Crippen LogP contribution < -0.4 is 10.1 Å². The zero-order valence-corrected chi connectivity index (χ0v) is 18.7. The fourth-order valence-electron chi connectivity index (χ4n) is 3.76. The number of carbonyl (C=O) groups excluding carboxylic acids is 1. The quantitative estimate of drug-likeness (QED) is 0.651. The first-order chi connectivity index (χ1) is 14.0. The lowest BCUT2D eigenvalue weighted by atomic mass is 9.86. The zero-order chi connectivity index (χ0) is 20.8. The van der Waals surface area contributed by atoms with Crippen molar-refractivity contribution >= 4 is 17.7 Å². The van der Waals surface area contributed by atoms with Crippen molar-refractivity contribution < 1.29 is 9.53 Å². The smallest absolute Gasteiger partial charge is 0.230 e. The highest BCUT2D eigenvalue weighted by molar-refractivity contribution is 7.99. The van der Waals surface area contributed by atoms with Gasteiger partial charge in [0.05, 0.1) is 5.75 Å². The maximum Gasteiger partial charge on any atom is 0.230 e. The summed E-state index contributed by atoms with van der Waals surface area (Å²) in [7, 11) is 0. The molecule has 1 amide bonds. The number of aryl methyl sites for hydroxylation is 2. The van der Waals surface area contributed by atoms with E-state index in [1.54, 1.807) is 0 Å². The Balaban J connectivity index is 1.56. The average molecular weight is 417 g/mol. The first-order valence-corrected chi connectivity index (χ1v) is 11.5. The van der Waals surface area contributed by atoms with Crippen LogP contribution in [-0.2, 0) is 17.9 Å². The molecule has 2 atom stereocenters. The van der Waals surface area contributed by atoms with Gasteiger partial charge in [0.2, 0.25) is 5.91 Å². The van der Waals surface area contributed by atoms with Gasteiger partial charge in [-0.05, 0) is 56.7 Å². The number of amides is 1. The number of thioether (sulfide) groups is 1. The second-order valence-electron chi connectivity index (χ2n) is 7.93. The van der Waals surface area contributed by atoms with Crippen LogP contribution in [0, 0.1) is 19.8 Å². The summed E-state index contributed by atoms with van der Waals surface area (Å²) in [6, 6.07) is 6.48. The second kappa shape index (κ2) is 10.1. The molecule has 1 heterocycles. The molecule has 1 aliphatic carbocycles. The Morgan fingerprint density at radius 3 is 2.83 bits per heavy atom. The predicted molar refractivity (Wildman–Crippen MR) is 116 cm³/mol. The molecule has 1 fully saturated rings. The van der Waals surface area contributed by atoms with Gasteiger partial charge in [0.25, 0.3) is 0 Å². The molecular weight excluding hydrogens is 384 g/mol. The molecule has 1 aromatic carbocycles. The average Bonchev–Trinajstić information content (AvgIpc) is 3.10. The Morgan fingerprint density at radius 2 is 2.07 bits per heavy atom. The molecule has 29 heavy (non-hydrogen) atoms. The lowest BCUT2D eigenvalue weighted by Gasteiger charge is -2.29. The molecule has 158 valence electrons. The van der Waals surface area contributed by atoms with Crippen LogP contribution in [0.1, 0.15) is 56.5 Å². The highest BCUT2D eigenvalue weighted by atomic mass is 32.2. The standard InChI is InChI=1S/C22H32N4O2S/c1-5-26-20(13-28-19-12-15(2)10-11-17(19)4)24-25-22(26)29-14-21(27)23-18-9-7-6-8-16(18)3/h10-12,16,18H,5-9,13-14H2,1-4H3,(H,23,27)/t16-,18-/m0/s1. The van der Waals surface area contributed by atoms with E-state index in [4.69, 9.17) is 4.74 Å². The summed E-state index contributed by atoms with van der Waals surface area (Å²) in [4.78, 5) is 12.4. The first kappa shape index (κ1) is 21.7. The summed E-state index contributed by atoms with van der Waals surface area (Å²) in [5.74, 6) is 2.64. The molecule has 6 nitrogen and oxygen atoms in total. The highest BCUT2D eigenvalue weighted by Crippen LogP contribution is 2.25. The van der Waals surface area contributed by atoms with Gasteiger partial charge in [-0.15, -0.1) is 10.2 Å². The van der Waals surface area contributed by atoms with E-state index in [1.807, 2.05) is 17.6 Å². The van der Waals surface area contributed by atoms with Gasteiger partial charge in [-0.3, -0.25) is 4.79 Å². The fraction of sp³-hybridized carbons (Fsp3) is 0.591. The Kier molecular flexibility index (Phi) is 7.58. The molecule has 1 aliphatic rings. The summed E-state index contributed by atoms with van der Waals surface area (Å²) in [6.45, 7) is 9.46. The van der Waals surface area contributed by atoms with Gasteiger partial charge in [-0.2, -0.15) is 0 Å². The number of aromatic nitrogens is 3. The predicted octanol–water partition coefficient (Wildman–Crippen LogP) is 4.28. The topological polar surface area (TPSA) is 69.0 Å². The number of rotatable bonds is 8. The van der Waals surface area contributed by atoms with Crippen molar-refractivity contribution in [3.05, 3.63) is 35.2 Å². The molecule has 0 spiro atoms. The molecule has 1 aromatic heterocycles. The van der Waals surface area contributed by atoms with E-state index in [0.717, 1.165) is 40.8 Å². The van der Waals surface area contributed by atoms with Crippen molar-refractivity contribution in [1.82, 2.24) is 20.1 Å². The molecule has 0 radical (unpaired) electrons. The molecule has 0 aliphatic heterocycles. The van der Waals surface area contributed by atoms with Crippen molar-refractivity contribution in [2.75, 3.05) is 5.75 Å². The van der Waals surface area contributed by atoms with E-state index in [1.165, 1.54) is 31.0 Å². The maximum atomic E-state index is 12.4. The largest absolute Gasteiger partial charge is 0.485 e. The van der Waals surface area contributed by atoms with Gasteiger partial charge in [-0.1, -0.05) is 43.7 Å². The van der Waals surface area contributed by atoms with Crippen molar-refractivity contribution in [1.29, 1.82) is 0 Å². The van der Waals surface area contributed by atoms with Crippen molar-refractivity contribution in [3.63, 3.8) is 0 Å². The van der Waals surface area contributed by atoms with Gasteiger partial charge in [0.1, 0.15) is 12.4 Å². The lowest BCUT2D eigenvalue weighted by molar-refractivity contribution is -0.119. The van der Waals surface area contributed by atoms with Crippen molar-refractivity contribution in [2.24, 2.45) is 5.92 Å². The Labute approximate surface area is 177 Å². The van der Waals surface area contributed by atoms with Crippen LogP contribution in [0.4, 0.5) is 0 Å². The lowest BCUT2D eigenvalue weighted by Crippen LogP contribution is -2.41. The summed E-state index contributed by atoms with van der Waals surface area (Å²) in [5.41, 5.74) is 2.26. The Hall–Kier alpha value is -2.02. The second-order valence-corrected chi connectivity index (χ2v) is 8.87.